The maximum atomic E-state index is 11.3. The van der Waals surface area contributed by atoms with E-state index in [9.17, 15) is 8.42 Å². The molecule has 6 nitrogen and oxygen atoms in total. The Labute approximate surface area is 129 Å². The van der Waals surface area contributed by atoms with Gasteiger partial charge in [-0.3, -0.25) is 4.40 Å². The van der Waals surface area contributed by atoms with Gasteiger partial charge in [-0.05, 0) is 0 Å². The molecule has 0 radical (unpaired) electrons. The van der Waals surface area contributed by atoms with Crippen LogP contribution in [0.15, 0.2) is 11.6 Å². The molecule has 1 N–H and O–H groups in total. The molecule has 8 heteroatoms. The van der Waals surface area contributed by atoms with Gasteiger partial charge in [0, 0.05) is 44.0 Å². The van der Waals surface area contributed by atoms with Crippen molar-refractivity contribution < 1.29 is 8.42 Å². The molecule has 2 aromatic rings. The molecule has 0 spiro atoms. The summed E-state index contributed by atoms with van der Waals surface area (Å²) in [4.78, 5) is 7.47. The molecule has 0 aliphatic carbocycles. The first kappa shape index (κ1) is 16.3. The van der Waals surface area contributed by atoms with E-state index >= 15 is 0 Å². The van der Waals surface area contributed by atoms with Gasteiger partial charge in [0.15, 0.2) is 10.8 Å². The van der Waals surface area contributed by atoms with Crippen molar-refractivity contribution in [3.63, 3.8) is 0 Å². The van der Waals surface area contributed by atoms with Gasteiger partial charge in [-0.25, -0.2) is 13.4 Å². The monoisotopic (exact) mass is 330 g/mol. The van der Waals surface area contributed by atoms with E-state index in [-0.39, 0.29) is 5.75 Å². The number of imidazole rings is 1. The van der Waals surface area contributed by atoms with Crippen molar-refractivity contribution in [3.05, 3.63) is 17.3 Å². The second kappa shape index (κ2) is 6.33. The Hall–Kier alpha value is -1.12. The summed E-state index contributed by atoms with van der Waals surface area (Å²) in [5, 5.41) is 5.40. The van der Waals surface area contributed by atoms with E-state index in [4.69, 9.17) is 0 Å². The van der Waals surface area contributed by atoms with Crippen LogP contribution in [-0.4, -0.2) is 49.4 Å². The van der Waals surface area contributed by atoms with Gasteiger partial charge in [-0.15, -0.1) is 11.3 Å². The third kappa shape index (κ3) is 4.18. The van der Waals surface area contributed by atoms with Crippen molar-refractivity contribution in [2.75, 3.05) is 30.5 Å². The summed E-state index contributed by atoms with van der Waals surface area (Å²) in [5.41, 5.74) is 1.07. The fourth-order valence-electron chi connectivity index (χ4n) is 2.00. The van der Waals surface area contributed by atoms with Gasteiger partial charge >= 0.3 is 0 Å². The number of thiazole rings is 1. The number of sulfone groups is 1. The van der Waals surface area contributed by atoms with Crippen LogP contribution in [0.5, 0.6) is 0 Å². The van der Waals surface area contributed by atoms with Crippen LogP contribution in [0.25, 0.3) is 4.96 Å². The van der Waals surface area contributed by atoms with Crippen molar-refractivity contribution in [1.82, 2.24) is 14.7 Å². The molecule has 0 fully saturated rings. The topological polar surface area (TPSA) is 66.7 Å². The van der Waals surface area contributed by atoms with Gasteiger partial charge < -0.3 is 10.2 Å². The van der Waals surface area contributed by atoms with Gasteiger partial charge in [-0.1, -0.05) is 13.8 Å². The Balaban J connectivity index is 2.24. The predicted molar refractivity (Wildman–Crippen MR) is 88.0 cm³/mol. The van der Waals surface area contributed by atoms with Crippen molar-refractivity contribution in [2.24, 2.45) is 0 Å². The largest absolute Gasteiger partial charge is 0.357 e. The van der Waals surface area contributed by atoms with Crippen LogP contribution in [0.1, 0.15) is 19.5 Å². The fraction of sp³-hybridized carbons (Fsp3) is 0.615. The number of hydrogen-bond donors (Lipinski definition) is 1. The van der Waals surface area contributed by atoms with Gasteiger partial charge in [-0.2, -0.15) is 0 Å². The second-order valence-electron chi connectivity index (χ2n) is 5.52. The van der Waals surface area contributed by atoms with Gasteiger partial charge in [0.25, 0.3) is 0 Å². The first-order valence-corrected chi connectivity index (χ1v) is 9.78. The molecule has 0 aliphatic rings. The normalized spacial score (nSPS) is 12.4. The standard InChI is InChI=1S/C13H22N4O2S2/c1-10(2)14-9-11-12(15-13-17(11)5-7-20-13)16(3)6-8-21(4,18)19/h5,7,10,14H,6,8-9H2,1-4H3. The highest BCUT2D eigenvalue weighted by molar-refractivity contribution is 7.90. The zero-order valence-electron chi connectivity index (χ0n) is 12.8. The minimum absolute atomic E-state index is 0.131. The number of nitrogens with zero attached hydrogens (tertiary/aromatic N) is 3. The van der Waals surface area contributed by atoms with E-state index in [1.54, 1.807) is 11.3 Å². The SMILES string of the molecule is CC(C)NCc1c(N(C)CCS(C)(=O)=O)nc2sccn12. The summed E-state index contributed by atoms with van der Waals surface area (Å²) >= 11 is 1.58. The average Bonchev–Trinajstić information content (AvgIpc) is 2.92. The Morgan fingerprint density at radius 2 is 2.19 bits per heavy atom. The number of nitrogens with one attached hydrogen (secondary N) is 1. The molecule has 0 aromatic carbocycles. The summed E-state index contributed by atoms with van der Waals surface area (Å²) in [6.07, 6.45) is 3.26. The van der Waals surface area contributed by atoms with E-state index in [2.05, 4.69) is 28.5 Å². The molecular weight excluding hydrogens is 308 g/mol. The van der Waals surface area contributed by atoms with Gasteiger partial charge in [0.1, 0.15) is 9.84 Å². The van der Waals surface area contributed by atoms with E-state index in [0.29, 0.717) is 19.1 Å². The first-order valence-electron chi connectivity index (χ1n) is 6.84. The molecule has 2 rings (SSSR count). The second-order valence-corrected chi connectivity index (χ2v) is 8.66. The fourth-order valence-corrected chi connectivity index (χ4v) is 3.33. The highest BCUT2D eigenvalue weighted by atomic mass is 32.2. The van der Waals surface area contributed by atoms with Crippen LogP contribution in [0, 0.1) is 0 Å². The van der Waals surface area contributed by atoms with E-state index in [0.717, 1.165) is 16.5 Å². The number of anilines is 1. The zero-order chi connectivity index (χ0) is 15.6. The maximum absolute atomic E-state index is 11.3. The quantitative estimate of drug-likeness (QED) is 0.831. The summed E-state index contributed by atoms with van der Waals surface area (Å²) in [7, 11) is -1.09. The molecule has 21 heavy (non-hydrogen) atoms. The molecule has 2 aromatic heterocycles. The van der Waals surface area contributed by atoms with Crippen LogP contribution in [0.3, 0.4) is 0 Å². The minimum atomic E-state index is -2.97. The van der Waals surface area contributed by atoms with Crippen LogP contribution in [-0.2, 0) is 16.4 Å². The lowest BCUT2D eigenvalue weighted by atomic mass is 10.3. The van der Waals surface area contributed by atoms with Crippen LogP contribution >= 0.6 is 11.3 Å². The Bertz CT molecular complexity index is 703. The van der Waals surface area contributed by atoms with Crippen molar-refractivity contribution in [2.45, 2.75) is 26.4 Å². The molecule has 0 amide bonds. The van der Waals surface area contributed by atoms with Gasteiger partial charge in [0.2, 0.25) is 0 Å². The molecule has 0 unspecified atom stereocenters. The minimum Gasteiger partial charge on any atom is -0.357 e. The van der Waals surface area contributed by atoms with Gasteiger partial charge in [0.05, 0.1) is 11.4 Å². The van der Waals surface area contributed by atoms with Crippen LogP contribution in [0.2, 0.25) is 0 Å². The number of aromatic nitrogens is 2. The molecule has 2 heterocycles. The Kier molecular flexibility index (Phi) is 4.90. The maximum Gasteiger partial charge on any atom is 0.195 e. The lowest BCUT2D eigenvalue weighted by Crippen LogP contribution is -2.28. The predicted octanol–water partition coefficient (Wildman–Crippen LogP) is 1.37. The number of rotatable bonds is 7. The van der Waals surface area contributed by atoms with Crippen molar-refractivity contribution in [1.29, 1.82) is 0 Å². The molecule has 0 saturated carbocycles. The number of fused-ring (bicyclic) bond motifs is 1. The third-order valence-electron chi connectivity index (χ3n) is 3.18. The molecule has 0 atom stereocenters. The zero-order valence-corrected chi connectivity index (χ0v) is 14.5. The molecule has 0 aliphatic heterocycles. The lowest BCUT2D eigenvalue weighted by Gasteiger charge is -2.18. The highest BCUT2D eigenvalue weighted by Gasteiger charge is 2.17. The van der Waals surface area contributed by atoms with Crippen molar-refractivity contribution in [3.8, 4) is 0 Å². The number of hydrogen-bond acceptors (Lipinski definition) is 6. The first-order chi connectivity index (χ1) is 9.78. The average molecular weight is 330 g/mol. The van der Waals surface area contributed by atoms with E-state index in [1.165, 1.54) is 6.26 Å². The van der Waals surface area contributed by atoms with Crippen LogP contribution in [0.4, 0.5) is 5.82 Å². The van der Waals surface area contributed by atoms with E-state index in [1.807, 2.05) is 23.5 Å². The van der Waals surface area contributed by atoms with E-state index < -0.39 is 9.84 Å². The Morgan fingerprint density at radius 3 is 2.81 bits per heavy atom. The smallest absolute Gasteiger partial charge is 0.195 e. The summed E-state index contributed by atoms with van der Waals surface area (Å²) in [6, 6.07) is 0.378. The van der Waals surface area contributed by atoms with Crippen molar-refractivity contribution >= 4 is 32.0 Å². The van der Waals surface area contributed by atoms with Crippen LogP contribution < -0.4 is 10.2 Å². The third-order valence-corrected chi connectivity index (χ3v) is 4.86. The molecule has 0 bridgehead atoms. The lowest BCUT2D eigenvalue weighted by molar-refractivity contribution is 0.579. The molecule has 0 saturated heterocycles. The summed E-state index contributed by atoms with van der Waals surface area (Å²) < 4.78 is 24.7. The molecule has 118 valence electrons. The Morgan fingerprint density at radius 1 is 1.48 bits per heavy atom. The summed E-state index contributed by atoms with van der Waals surface area (Å²) in [5.74, 6) is 0.977. The molecular formula is C13H22N4O2S2. The summed E-state index contributed by atoms with van der Waals surface area (Å²) in [6.45, 7) is 5.34. The highest BCUT2D eigenvalue weighted by Crippen LogP contribution is 2.24.